The molecule has 1 atom stereocenters. The van der Waals surface area contributed by atoms with Gasteiger partial charge in [-0.1, -0.05) is 27.2 Å². The first kappa shape index (κ1) is 14.0. The van der Waals surface area contributed by atoms with Gasteiger partial charge in [0.05, 0.1) is 6.61 Å². The van der Waals surface area contributed by atoms with Gasteiger partial charge < -0.3 is 10.5 Å². The van der Waals surface area contributed by atoms with Gasteiger partial charge in [-0.15, -0.1) is 0 Å². The zero-order valence-electron chi connectivity index (χ0n) is 10.9. The van der Waals surface area contributed by atoms with Crippen LogP contribution in [0.3, 0.4) is 0 Å². The van der Waals surface area contributed by atoms with Gasteiger partial charge in [-0.3, -0.25) is 0 Å². The van der Waals surface area contributed by atoms with Gasteiger partial charge in [0.1, 0.15) is 11.6 Å². The van der Waals surface area contributed by atoms with Crippen molar-refractivity contribution in [3.8, 4) is 5.75 Å². The second-order valence-electron chi connectivity index (χ2n) is 4.78. The molecule has 0 saturated carbocycles. The highest BCUT2D eigenvalue weighted by atomic mass is 19.1. The van der Waals surface area contributed by atoms with Crippen LogP contribution in [0.15, 0.2) is 18.2 Å². The molecular formula is C14H22FNO. The third kappa shape index (κ3) is 4.35. The highest BCUT2D eigenvalue weighted by Crippen LogP contribution is 2.24. The predicted molar refractivity (Wildman–Crippen MR) is 68.6 cm³/mol. The first-order valence-corrected chi connectivity index (χ1v) is 6.22. The van der Waals surface area contributed by atoms with Crippen LogP contribution in [-0.4, -0.2) is 6.61 Å². The molecule has 0 bridgehead atoms. The molecule has 96 valence electrons. The van der Waals surface area contributed by atoms with Crippen molar-refractivity contribution < 1.29 is 9.13 Å². The standard InChI is InChI=1S/C14H22FNO/c1-4-5-14(16)12-8-11(6-7-13(12)15)17-9-10(2)3/h6-8,10,14H,4-5,9,16H2,1-3H3. The van der Waals surface area contributed by atoms with Gasteiger partial charge in [-0.25, -0.2) is 4.39 Å². The summed E-state index contributed by atoms with van der Waals surface area (Å²) in [5, 5.41) is 0. The molecule has 0 aliphatic carbocycles. The molecule has 0 aliphatic heterocycles. The average Bonchev–Trinajstić information content (AvgIpc) is 2.28. The van der Waals surface area contributed by atoms with Gasteiger partial charge in [0.15, 0.2) is 0 Å². The maximum absolute atomic E-state index is 13.6. The van der Waals surface area contributed by atoms with E-state index in [9.17, 15) is 4.39 Å². The summed E-state index contributed by atoms with van der Waals surface area (Å²) < 4.78 is 19.2. The summed E-state index contributed by atoms with van der Waals surface area (Å²) in [6.07, 6.45) is 1.72. The Morgan fingerprint density at radius 2 is 2.06 bits per heavy atom. The fourth-order valence-electron chi connectivity index (χ4n) is 1.63. The summed E-state index contributed by atoms with van der Waals surface area (Å²) in [4.78, 5) is 0. The first-order chi connectivity index (χ1) is 8.04. The van der Waals surface area contributed by atoms with Crippen LogP contribution in [0.25, 0.3) is 0 Å². The summed E-state index contributed by atoms with van der Waals surface area (Å²) in [6, 6.07) is 4.56. The number of hydrogen-bond acceptors (Lipinski definition) is 2. The van der Waals surface area contributed by atoms with Gasteiger partial charge in [0.2, 0.25) is 0 Å². The Bertz CT molecular complexity index is 352. The highest BCUT2D eigenvalue weighted by Gasteiger charge is 2.12. The van der Waals surface area contributed by atoms with Gasteiger partial charge in [0, 0.05) is 11.6 Å². The summed E-state index contributed by atoms with van der Waals surface area (Å²) in [7, 11) is 0. The van der Waals surface area contributed by atoms with Crippen LogP contribution < -0.4 is 10.5 Å². The molecule has 2 nitrogen and oxygen atoms in total. The molecule has 2 N–H and O–H groups in total. The Morgan fingerprint density at radius 3 is 2.65 bits per heavy atom. The Labute approximate surface area is 103 Å². The molecule has 3 heteroatoms. The summed E-state index contributed by atoms with van der Waals surface area (Å²) in [5.74, 6) is 0.900. The lowest BCUT2D eigenvalue weighted by Crippen LogP contribution is -2.12. The maximum Gasteiger partial charge on any atom is 0.128 e. The van der Waals surface area contributed by atoms with Gasteiger partial charge in [-0.2, -0.15) is 0 Å². The third-order valence-corrected chi connectivity index (χ3v) is 2.55. The Morgan fingerprint density at radius 1 is 1.35 bits per heavy atom. The summed E-state index contributed by atoms with van der Waals surface area (Å²) in [5.41, 5.74) is 6.48. The van der Waals surface area contributed by atoms with E-state index in [0.717, 1.165) is 12.8 Å². The van der Waals surface area contributed by atoms with E-state index in [1.165, 1.54) is 6.07 Å². The smallest absolute Gasteiger partial charge is 0.128 e. The van der Waals surface area contributed by atoms with Crippen molar-refractivity contribution in [2.45, 2.75) is 39.7 Å². The molecule has 0 aromatic heterocycles. The van der Waals surface area contributed by atoms with E-state index in [2.05, 4.69) is 13.8 Å². The zero-order chi connectivity index (χ0) is 12.8. The fraction of sp³-hybridized carbons (Fsp3) is 0.571. The van der Waals surface area contributed by atoms with E-state index in [1.807, 2.05) is 6.92 Å². The molecule has 0 heterocycles. The molecule has 1 aromatic carbocycles. The topological polar surface area (TPSA) is 35.2 Å². The maximum atomic E-state index is 13.6. The van der Waals surface area contributed by atoms with Crippen molar-refractivity contribution in [1.82, 2.24) is 0 Å². The normalized spacial score (nSPS) is 12.8. The third-order valence-electron chi connectivity index (χ3n) is 2.55. The summed E-state index contributed by atoms with van der Waals surface area (Å²) in [6.45, 7) is 6.82. The molecule has 1 rings (SSSR count). The second kappa shape index (κ2) is 6.60. The van der Waals surface area contributed by atoms with E-state index in [4.69, 9.17) is 10.5 Å². The average molecular weight is 239 g/mol. The van der Waals surface area contributed by atoms with Gasteiger partial charge in [-0.05, 0) is 30.5 Å². The Kier molecular flexibility index (Phi) is 5.42. The fourth-order valence-corrected chi connectivity index (χ4v) is 1.63. The van der Waals surface area contributed by atoms with Crippen molar-refractivity contribution >= 4 is 0 Å². The van der Waals surface area contributed by atoms with E-state index < -0.39 is 0 Å². The van der Waals surface area contributed by atoms with Crippen LogP contribution in [0.2, 0.25) is 0 Å². The van der Waals surface area contributed by atoms with Crippen molar-refractivity contribution in [2.75, 3.05) is 6.61 Å². The quantitative estimate of drug-likeness (QED) is 0.822. The zero-order valence-corrected chi connectivity index (χ0v) is 10.9. The van der Waals surface area contributed by atoms with Crippen LogP contribution in [0, 0.1) is 11.7 Å². The molecule has 17 heavy (non-hydrogen) atoms. The van der Waals surface area contributed by atoms with E-state index in [0.29, 0.717) is 23.8 Å². The number of nitrogens with two attached hydrogens (primary N) is 1. The second-order valence-corrected chi connectivity index (χ2v) is 4.78. The monoisotopic (exact) mass is 239 g/mol. The minimum atomic E-state index is -0.248. The lowest BCUT2D eigenvalue weighted by atomic mass is 10.0. The largest absolute Gasteiger partial charge is 0.493 e. The van der Waals surface area contributed by atoms with Gasteiger partial charge >= 0.3 is 0 Å². The molecule has 0 radical (unpaired) electrons. The highest BCUT2D eigenvalue weighted by molar-refractivity contribution is 5.31. The minimum absolute atomic E-state index is 0.247. The van der Waals surface area contributed by atoms with Crippen LogP contribution in [0.5, 0.6) is 5.75 Å². The van der Waals surface area contributed by atoms with Crippen LogP contribution in [-0.2, 0) is 0 Å². The van der Waals surface area contributed by atoms with E-state index in [-0.39, 0.29) is 11.9 Å². The number of hydrogen-bond donors (Lipinski definition) is 1. The molecule has 0 amide bonds. The Hall–Kier alpha value is -1.09. The Balaban J connectivity index is 2.78. The number of ether oxygens (including phenoxy) is 1. The van der Waals surface area contributed by atoms with Crippen LogP contribution in [0.4, 0.5) is 4.39 Å². The molecule has 1 unspecified atom stereocenters. The molecule has 0 fully saturated rings. The SMILES string of the molecule is CCCC(N)c1cc(OCC(C)C)ccc1F. The number of benzene rings is 1. The molecule has 0 spiro atoms. The molecule has 0 saturated heterocycles. The lowest BCUT2D eigenvalue weighted by molar-refractivity contribution is 0.270. The predicted octanol–water partition coefficient (Wildman–Crippen LogP) is 3.66. The van der Waals surface area contributed by atoms with Crippen molar-refractivity contribution in [3.63, 3.8) is 0 Å². The lowest BCUT2D eigenvalue weighted by Gasteiger charge is -2.14. The number of halogens is 1. The minimum Gasteiger partial charge on any atom is -0.493 e. The van der Waals surface area contributed by atoms with Crippen molar-refractivity contribution in [2.24, 2.45) is 11.7 Å². The first-order valence-electron chi connectivity index (χ1n) is 6.22. The number of rotatable bonds is 6. The van der Waals surface area contributed by atoms with E-state index in [1.54, 1.807) is 12.1 Å². The van der Waals surface area contributed by atoms with Crippen molar-refractivity contribution in [3.05, 3.63) is 29.6 Å². The molecule has 1 aromatic rings. The van der Waals surface area contributed by atoms with Gasteiger partial charge in [0.25, 0.3) is 0 Å². The van der Waals surface area contributed by atoms with Crippen molar-refractivity contribution in [1.29, 1.82) is 0 Å². The summed E-state index contributed by atoms with van der Waals surface area (Å²) >= 11 is 0. The van der Waals surface area contributed by atoms with E-state index >= 15 is 0 Å². The molecular weight excluding hydrogens is 217 g/mol. The van der Waals surface area contributed by atoms with Crippen LogP contribution in [0.1, 0.15) is 45.2 Å². The van der Waals surface area contributed by atoms with Crippen LogP contribution >= 0.6 is 0 Å². The molecule has 0 aliphatic rings.